The van der Waals surface area contributed by atoms with Crippen LogP contribution < -0.4 is 10.6 Å². The number of amides is 1. The zero-order chi connectivity index (χ0) is 17.6. The Balaban J connectivity index is 2.74. The van der Waals surface area contributed by atoms with Crippen molar-refractivity contribution in [1.29, 1.82) is 0 Å². The van der Waals surface area contributed by atoms with Crippen molar-refractivity contribution in [3.05, 3.63) is 28.2 Å². The van der Waals surface area contributed by atoms with Crippen LogP contribution in [0, 0.1) is 5.92 Å². The van der Waals surface area contributed by atoms with Gasteiger partial charge in [0, 0.05) is 5.69 Å². The zero-order valence-electron chi connectivity index (χ0n) is 13.7. The third kappa shape index (κ3) is 5.59. The molecule has 128 valence electrons. The summed E-state index contributed by atoms with van der Waals surface area (Å²) in [5.74, 6) is -0.773. The molecule has 0 bridgehead atoms. The molecule has 5 nitrogen and oxygen atoms in total. The van der Waals surface area contributed by atoms with Gasteiger partial charge in [-0.3, -0.25) is 4.79 Å². The maximum absolute atomic E-state index is 12.3. The summed E-state index contributed by atoms with van der Waals surface area (Å²) in [5, 5.41) is 6.59. The van der Waals surface area contributed by atoms with Crippen molar-refractivity contribution in [2.45, 2.75) is 39.3 Å². The molecule has 1 amide bonds. The lowest BCUT2D eigenvalue weighted by atomic mass is 9.99. The topological polar surface area (TPSA) is 67.4 Å². The van der Waals surface area contributed by atoms with E-state index in [2.05, 4.69) is 10.6 Å². The van der Waals surface area contributed by atoms with E-state index in [0.717, 1.165) is 6.42 Å². The van der Waals surface area contributed by atoms with Crippen LogP contribution in [0.3, 0.4) is 0 Å². The highest BCUT2D eigenvalue weighted by Crippen LogP contribution is 2.25. The number of benzene rings is 1. The predicted molar refractivity (Wildman–Crippen MR) is 92.9 cm³/mol. The van der Waals surface area contributed by atoms with E-state index in [1.54, 1.807) is 25.1 Å². The third-order valence-electron chi connectivity index (χ3n) is 3.66. The molecule has 0 aliphatic carbocycles. The van der Waals surface area contributed by atoms with Gasteiger partial charge in [0.2, 0.25) is 5.91 Å². The molecule has 0 saturated heterocycles. The van der Waals surface area contributed by atoms with Crippen molar-refractivity contribution in [2.24, 2.45) is 5.92 Å². The Morgan fingerprint density at radius 1 is 1.22 bits per heavy atom. The average molecular weight is 361 g/mol. The summed E-state index contributed by atoms with van der Waals surface area (Å²) in [6.07, 6.45) is 0.745. The van der Waals surface area contributed by atoms with Crippen molar-refractivity contribution in [3.63, 3.8) is 0 Å². The Morgan fingerprint density at radius 3 is 2.39 bits per heavy atom. The summed E-state index contributed by atoms with van der Waals surface area (Å²) in [6.45, 7) is 5.53. The van der Waals surface area contributed by atoms with Gasteiger partial charge in [0.1, 0.15) is 12.1 Å². The molecule has 0 aliphatic heterocycles. The molecule has 1 aromatic carbocycles. The normalized spacial score (nSPS) is 14.5. The Bertz CT molecular complexity index is 566. The van der Waals surface area contributed by atoms with E-state index >= 15 is 0 Å². The van der Waals surface area contributed by atoms with Crippen LogP contribution in [0.4, 0.5) is 5.69 Å². The minimum absolute atomic E-state index is 0.0245. The minimum Gasteiger partial charge on any atom is -0.467 e. The van der Waals surface area contributed by atoms with Crippen molar-refractivity contribution in [1.82, 2.24) is 5.32 Å². The minimum atomic E-state index is -0.671. The number of ether oxygens (including phenoxy) is 1. The van der Waals surface area contributed by atoms with Crippen LogP contribution in [-0.2, 0) is 14.3 Å². The second-order valence-corrected chi connectivity index (χ2v) is 6.20. The summed E-state index contributed by atoms with van der Waals surface area (Å²) < 4.78 is 4.76. The highest BCUT2D eigenvalue weighted by molar-refractivity contribution is 6.42. The SMILES string of the molecule is CCC(C)C(NC(=O)C(C)Nc1ccc(Cl)c(Cl)c1)C(=O)OC. The van der Waals surface area contributed by atoms with Gasteiger partial charge in [-0.05, 0) is 31.0 Å². The Labute approximate surface area is 146 Å². The maximum atomic E-state index is 12.3. The lowest BCUT2D eigenvalue weighted by molar-refractivity contribution is -0.146. The van der Waals surface area contributed by atoms with Crippen LogP contribution in [-0.4, -0.2) is 31.1 Å². The number of hydrogen-bond donors (Lipinski definition) is 2. The fourth-order valence-electron chi connectivity index (χ4n) is 1.98. The summed E-state index contributed by atoms with van der Waals surface area (Å²) in [7, 11) is 1.31. The Morgan fingerprint density at radius 2 is 1.87 bits per heavy atom. The average Bonchev–Trinajstić information content (AvgIpc) is 2.54. The van der Waals surface area contributed by atoms with E-state index in [9.17, 15) is 9.59 Å². The Kier molecular flexibility index (Phi) is 7.65. The number of carbonyl (C=O) groups is 2. The molecule has 0 radical (unpaired) electrons. The second-order valence-electron chi connectivity index (χ2n) is 5.39. The van der Waals surface area contributed by atoms with Crippen molar-refractivity contribution in [3.8, 4) is 0 Å². The Hall–Kier alpha value is -1.46. The van der Waals surface area contributed by atoms with Gasteiger partial charge in [0.05, 0.1) is 17.2 Å². The largest absolute Gasteiger partial charge is 0.467 e. The van der Waals surface area contributed by atoms with E-state index in [0.29, 0.717) is 15.7 Å². The standard InChI is InChI=1S/C16H22Cl2N2O3/c1-5-9(2)14(16(22)23-4)20-15(21)10(3)19-11-6-7-12(17)13(18)8-11/h6-10,14,19H,5H2,1-4H3,(H,20,21). The maximum Gasteiger partial charge on any atom is 0.328 e. The van der Waals surface area contributed by atoms with E-state index < -0.39 is 18.1 Å². The zero-order valence-corrected chi connectivity index (χ0v) is 15.2. The lowest BCUT2D eigenvalue weighted by Gasteiger charge is -2.24. The molecule has 1 rings (SSSR count). The van der Waals surface area contributed by atoms with Crippen molar-refractivity contribution < 1.29 is 14.3 Å². The van der Waals surface area contributed by atoms with Gasteiger partial charge in [0.25, 0.3) is 0 Å². The number of hydrogen-bond acceptors (Lipinski definition) is 4. The fourth-order valence-corrected chi connectivity index (χ4v) is 2.27. The summed E-state index contributed by atoms with van der Waals surface area (Å²) in [6, 6.07) is 3.79. The summed E-state index contributed by atoms with van der Waals surface area (Å²) in [4.78, 5) is 24.1. The molecule has 7 heteroatoms. The summed E-state index contributed by atoms with van der Waals surface area (Å²) >= 11 is 11.8. The summed E-state index contributed by atoms with van der Waals surface area (Å²) in [5.41, 5.74) is 0.667. The van der Waals surface area contributed by atoms with Crippen LogP contribution in [0.15, 0.2) is 18.2 Å². The van der Waals surface area contributed by atoms with Gasteiger partial charge in [-0.15, -0.1) is 0 Å². The molecular weight excluding hydrogens is 339 g/mol. The molecule has 0 spiro atoms. The first-order valence-corrected chi connectivity index (χ1v) is 8.15. The number of rotatable bonds is 7. The van der Waals surface area contributed by atoms with Crippen LogP contribution in [0.25, 0.3) is 0 Å². The van der Waals surface area contributed by atoms with Gasteiger partial charge in [-0.1, -0.05) is 43.5 Å². The number of halogens is 2. The number of esters is 1. The first kappa shape index (κ1) is 19.6. The highest BCUT2D eigenvalue weighted by Gasteiger charge is 2.28. The van der Waals surface area contributed by atoms with Gasteiger partial charge < -0.3 is 15.4 Å². The number of methoxy groups -OCH3 is 1. The van der Waals surface area contributed by atoms with Gasteiger partial charge in [0.15, 0.2) is 0 Å². The predicted octanol–water partition coefficient (Wildman–Crippen LogP) is 3.50. The molecule has 23 heavy (non-hydrogen) atoms. The number of carbonyl (C=O) groups excluding carboxylic acids is 2. The van der Waals surface area contributed by atoms with E-state index in [1.165, 1.54) is 7.11 Å². The lowest BCUT2D eigenvalue weighted by Crippen LogP contribution is -2.50. The number of anilines is 1. The highest BCUT2D eigenvalue weighted by atomic mass is 35.5. The smallest absolute Gasteiger partial charge is 0.328 e. The van der Waals surface area contributed by atoms with Crippen LogP contribution in [0.1, 0.15) is 27.2 Å². The van der Waals surface area contributed by atoms with Crippen LogP contribution in [0.5, 0.6) is 0 Å². The van der Waals surface area contributed by atoms with E-state index in [-0.39, 0.29) is 11.8 Å². The molecule has 0 saturated carbocycles. The molecule has 0 fully saturated rings. The fraction of sp³-hybridized carbons (Fsp3) is 0.500. The van der Waals surface area contributed by atoms with Gasteiger partial charge >= 0.3 is 5.97 Å². The first-order chi connectivity index (χ1) is 10.8. The molecule has 0 aliphatic rings. The molecular formula is C16H22Cl2N2O3. The molecule has 0 heterocycles. The van der Waals surface area contributed by atoms with Crippen LogP contribution >= 0.6 is 23.2 Å². The molecule has 1 aromatic rings. The quantitative estimate of drug-likeness (QED) is 0.730. The van der Waals surface area contributed by atoms with E-state index in [4.69, 9.17) is 27.9 Å². The van der Waals surface area contributed by atoms with Crippen molar-refractivity contribution in [2.75, 3.05) is 12.4 Å². The van der Waals surface area contributed by atoms with Gasteiger partial charge in [-0.2, -0.15) is 0 Å². The third-order valence-corrected chi connectivity index (χ3v) is 4.40. The monoisotopic (exact) mass is 360 g/mol. The van der Waals surface area contributed by atoms with Gasteiger partial charge in [-0.25, -0.2) is 4.79 Å². The molecule has 3 unspecified atom stereocenters. The first-order valence-electron chi connectivity index (χ1n) is 7.39. The molecule has 3 atom stereocenters. The van der Waals surface area contributed by atoms with Crippen LogP contribution in [0.2, 0.25) is 10.0 Å². The number of nitrogens with one attached hydrogen (secondary N) is 2. The second kappa shape index (κ2) is 8.99. The van der Waals surface area contributed by atoms with E-state index in [1.807, 2.05) is 13.8 Å². The molecule has 2 N–H and O–H groups in total. The molecule has 0 aromatic heterocycles. The van der Waals surface area contributed by atoms with Crippen molar-refractivity contribution >= 4 is 40.8 Å².